The number of hydrogen-bond donors (Lipinski definition) is 1. The molecule has 1 aliphatic rings. The molecule has 118 valence electrons. The minimum atomic E-state index is -0.765. The summed E-state index contributed by atoms with van der Waals surface area (Å²) >= 11 is 0. The summed E-state index contributed by atoms with van der Waals surface area (Å²) in [5.41, 5.74) is 3.83. The summed E-state index contributed by atoms with van der Waals surface area (Å²) in [5, 5.41) is 9.48. The molecule has 0 aliphatic carbocycles. The van der Waals surface area contributed by atoms with Crippen molar-refractivity contribution in [3.8, 4) is 22.6 Å². The Balaban J connectivity index is 1.94. The van der Waals surface area contributed by atoms with Crippen LogP contribution in [-0.4, -0.2) is 30.8 Å². The molecule has 1 aromatic heterocycles. The average Bonchev–Trinajstić information content (AvgIpc) is 3.02. The minimum Gasteiger partial charge on any atom is -0.542 e. The molecule has 0 unspecified atom stereocenters. The lowest BCUT2D eigenvalue weighted by molar-refractivity contribution is 0.311. The molecule has 1 aromatic carbocycles. The van der Waals surface area contributed by atoms with Crippen LogP contribution in [-0.2, 0) is 4.65 Å². The first-order valence-electron chi connectivity index (χ1n) is 7.50. The molecule has 0 atom stereocenters. The number of hydrogen-bond acceptors (Lipinski definition) is 5. The standard InChI is InChI=1S/C17H18BNO4/c1-3-22-17-7-12(4-5-16(17)21-2)13-6-14(10-19-9-13)15-8-18(20)23-11-15/h4-7,9-11,20H,3,8H2,1-2H3. The van der Waals surface area contributed by atoms with Crippen LogP contribution in [0.25, 0.3) is 16.7 Å². The highest BCUT2D eigenvalue weighted by Crippen LogP contribution is 2.34. The van der Waals surface area contributed by atoms with Gasteiger partial charge in [-0.15, -0.1) is 0 Å². The van der Waals surface area contributed by atoms with Crippen molar-refractivity contribution in [2.24, 2.45) is 0 Å². The number of allylic oxidation sites excluding steroid dienone is 1. The van der Waals surface area contributed by atoms with E-state index in [9.17, 15) is 5.02 Å². The Morgan fingerprint density at radius 2 is 2.00 bits per heavy atom. The first-order chi connectivity index (χ1) is 11.2. The van der Waals surface area contributed by atoms with E-state index in [0.717, 1.165) is 22.3 Å². The lowest BCUT2D eigenvalue weighted by Crippen LogP contribution is -2.08. The summed E-state index contributed by atoms with van der Waals surface area (Å²) in [6.45, 7) is 2.51. The maximum atomic E-state index is 9.48. The Labute approximate surface area is 135 Å². The summed E-state index contributed by atoms with van der Waals surface area (Å²) in [7, 11) is 0.858. The predicted molar refractivity (Wildman–Crippen MR) is 89.2 cm³/mol. The van der Waals surface area contributed by atoms with E-state index in [2.05, 4.69) is 4.98 Å². The van der Waals surface area contributed by atoms with E-state index in [0.29, 0.717) is 24.4 Å². The quantitative estimate of drug-likeness (QED) is 0.860. The molecule has 2 heterocycles. The fraction of sp³-hybridized carbons (Fsp3) is 0.235. The molecule has 0 radical (unpaired) electrons. The largest absolute Gasteiger partial charge is 0.542 e. The van der Waals surface area contributed by atoms with Crippen LogP contribution in [0.5, 0.6) is 11.5 Å². The highest BCUT2D eigenvalue weighted by Gasteiger charge is 2.24. The van der Waals surface area contributed by atoms with Crippen molar-refractivity contribution in [1.82, 2.24) is 4.98 Å². The fourth-order valence-electron chi connectivity index (χ4n) is 2.53. The zero-order chi connectivity index (χ0) is 16.2. The van der Waals surface area contributed by atoms with Gasteiger partial charge in [0.05, 0.1) is 20.0 Å². The van der Waals surface area contributed by atoms with E-state index >= 15 is 0 Å². The van der Waals surface area contributed by atoms with Crippen molar-refractivity contribution >= 4 is 12.7 Å². The topological polar surface area (TPSA) is 60.8 Å². The summed E-state index contributed by atoms with van der Waals surface area (Å²) < 4.78 is 16.0. The first kappa shape index (κ1) is 15.4. The lowest BCUT2D eigenvalue weighted by Gasteiger charge is -2.11. The molecule has 3 rings (SSSR count). The Morgan fingerprint density at radius 1 is 1.17 bits per heavy atom. The van der Waals surface area contributed by atoms with Gasteiger partial charge >= 0.3 is 7.12 Å². The van der Waals surface area contributed by atoms with Crippen molar-refractivity contribution in [2.45, 2.75) is 13.2 Å². The molecule has 0 amide bonds. The molecule has 6 heteroatoms. The van der Waals surface area contributed by atoms with Crippen LogP contribution in [0.1, 0.15) is 12.5 Å². The summed E-state index contributed by atoms with van der Waals surface area (Å²) in [6.07, 6.45) is 5.63. The van der Waals surface area contributed by atoms with E-state index in [4.69, 9.17) is 14.1 Å². The SMILES string of the molecule is CCOc1cc(-c2cncc(C3=COB(O)C3)c2)ccc1OC. The molecule has 0 bridgehead atoms. The van der Waals surface area contributed by atoms with Gasteiger partial charge in [-0.25, -0.2) is 0 Å². The van der Waals surface area contributed by atoms with Gasteiger partial charge < -0.3 is 19.2 Å². The summed E-state index contributed by atoms with van der Waals surface area (Å²) in [6, 6.07) is 7.82. The number of pyridine rings is 1. The third-order valence-corrected chi connectivity index (χ3v) is 3.67. The first-order valence-corrected chi connectivity index (χ1v) is 7.50. The molecule has 1 aliphatic heterocycles. The van der Waals surface area contributed by atoms with Gasteiger partial charge in [0, 0.05) is 24.3 Å². The third kappa shape index (κ3) is 3.32. The van der Waals surface area contributed by atoms with E-state index in [1.54, 1.807) is 25.8 Å². The van der Waals surface area contributed by atoms with Crippen LogP contribution in [0.4, 0.5) is 0 Å². The van der Waals surface area contributed by atoms with Crippen LogP contribution in [0, 0.1) is 0 Å². The van der Waals surface area contributed by atoms with Crippen molar-refractivity contribution in [3.63, 3.8) is 0 Å². The van der Waals surface area contributed by atoms with Gasteiger partial charge in [-0.2, -0.15) is 0 Å². The van der Waals surface area contributed by atoms with E-state index < -0.39 is 7.12 Å². The van der Waals surface area contributed by atoms with Crippen molar-refractivity contribution in [2.75, 3.05) is 13.7 Å². The van der Waals surface area contributed by atoms with Crippen molar-refractivity contribution < 1.29 is 19.2 Å². The zero-order valence-electron chi connectivity index (χ0n) is 13.2. The molecule has 0 spiro atoms. The molecular weight excluding hydrogens is 293 g/mol. The summed E-state index contributed by atoms with van der Waals surface area (Å²) in [5.74, 6) is 1.41. The van der Waals surface area contributed by atoms with Gasteiger partial charge in [-0.1, -0.05) is 6.07 Å². The Morgan fingerprint density at radius 3 is 2.70 bits per heavy atom. The maximum absolute atomic E-state index is 9.48. The number of nitrogens with zero attached hydrogens (tertiary/aromatic N) is 1. The van der Waals surface area contributed by atoms with Crippen LogP contribution in [0.15, 0.2) is 42.9 Å². The second kappa shape index (κ2) is 6.75. The second-order valence-corrected chi connectivity index (χ2v) is 5.20. The fourth-order valence-corrected chi connectivity index (χ4v) is 2.53. The van der Waals surface area contributed by atoms with Gasteiger partial charge in [0.25, 0.3) is 0 Å². The second-order valence-electron chi connectivity index (χ2n) is 5.20. The van der Waals surface area contributed by atoms with Gasteiger partial charge in [0.2, 0.25) is 0 Å². The van der Waals surface area contributed by atoms with Gasteiger partial charge in [0.1, 0.15) is 0 Å². The third-order valence-electron chi connectivity index (χ3n) is 3.67. The monoisotopic (exact) mass is 311 g/mol. The van der Waals surface area contributed by atoms with E-state index in [-0.39, 0.29) is 0 Å². The predicted octanol–water partition coefficient (Wildman–Crippen LogP) is 3.01. The lowest BCUT2D eigenvalue weighted by atomic mass is 9.82. The van der Waals surface area contributed by atoms with E-state index in [1.165, 1.54) is 0 Å². The highest BCUT2D eigenvalue weighted by atomic mass is 16.5. The van der Waals surface area contributed by atoms with E-state index in [1.807, 2.05) is 31.2 Å². The van der Waals surface area contributed by atoms with Crippen LogP contribution in [0.3, 0.4) is 0 Å². The van der Waals surface area contributed by atoms with Gasteiger partial charge in [-0.3, -0.25) is 4.98 Å². The number of benzene rings is 1. The Kier molecular flexibility index (Phi) is 4.53. The Bertz CT molecular complexity index is 732. The van der Waals surface area contributed by atoms with Gasteiger partial charge in [-0.05, 0) is 41.8 Å². The number of methoxy groups -OCH3 is 1. The van der Waals surface area contributed by atoms with Crippen molar-refractivity contribution in [3.05, 3.63) is 48.5 Å². The molecule has 5 nitrogen and oxygen atoms in total. The van der Waals surface area contributed by atoms with Crippen LogP contribution in [0.2, 0.25) is 6.32 Å². The molecule has 2 aromatic rings. The molecule has 0 fully saturated rings. The number of rotatable bonds is 5. The average molecular weight is 311 g/mol. The minimum absolute atomic E-state index is 0.470. The summed E-state index contributed by atoms with van der Waals surface area (Å²) in [4.78, 5) is 4.30. The zero-order valence-corrected chi connectivity index (χ0v) is 13.2. The smallest absolute Gasteiger partial charge is 0.526 e. The van der Waals surface area contributed by atoms with Gasteiger partial charge in [0.15, 0.2) is 11.5 Å². The molecular formula is C17H18BNO4. The maximum Gasteiger partial charge on any atom is 0.526 e. The molecule has 0 saturated carbocycles. The van der Waals surface area contributed by atoms with Crippen molar-refractivity contribution in [1.29, 1.82) is 0 Å². The van der Waals surface area contributed by atoms with Crippen LogP contribution < -0.4 is 9.47 Å². The Hall–Kier alpha value is -2.47. The van der Waals surface area contributed by atoms with Crippen LogP contribution >= 0.6 is 0 Å². The number of aromatic nitrogens is 1. The molecule has 23 heavy (non-hydrogen) atoms. The normalized spacial score (nSPS) is 13.5. The number of ether oxygens (including phenoxy) is 2. The molecule has 1 N–H and O–H groups in total. The molecule has 0 saturated heterocycles. The highest BCUT2D eigenvalue weighted by molar-refractivity contribution is 6.47.